The van der Waals surface area contributed by atoms with Gasteiger partial charge in [-0.25, -0.2) is 9.78 Å². The summed E-state index contributed by atoms with van der Waals surface area (Å²) < 4.78 is 5.30. The van der Waals surface area contributed by atoms with Gasteiger partial charge in [0.25, 0.3) is 0 Å². The average Bonchev–Trinajstić information content (AvgIpc) is 3.03. The van der Waals surface area contributed by atoms with Gasteiger partial charge in [-0.15, -0.1) is 0 Å². The number of nitrogens with zero attached hydrogens (tertiary/aromatic N) is 2. The lowest BCUT2D eigenvalue weighted by Gasteiger charge is -2.28. The lowest BCUT2D eigenvalue weighted by atomic mass is 10.2. The molecule has 2 amide bonds. The molecule has 1 fully saturated rings. The number of thioether (sulfide) groups is 1. The Hall–Kier alpha value is -1.73. The minimum absolute atomic E-state index is 0.0418. The summed E-state index contributed by atoms with van der Waals surface area (Å²) in [6, 6.07) is 7.78. The number of imidazole rings is 1. The summed E-state index contributed by atoms with van der Waals surface area (Å²) >= 11 is 1.77. The van der Waals surface area contributed by atoms with Crippen LogP contribution in [0.15, 0.2) is 24.3 Å². The van der Waals surface area contributed by atoms with E-state index in [-0.39, 0.29) is 12.1 Å². The number of amides is 2. The molecule has 1 aromatic carbocycles. The van der Waals surface area contributed by atoms with E-state index in [0.717, 1.165) is 29.0 Å². The van der Waals surface area contributed by atoms with Gasteiger partial charge in [0.2, 0.25) is 0 Å². The molecule has 1 aliphatic rings. The number of aromatic amines is 1. The van der Waals surface area contributed by atoms with Crippen molar-refractivity contribution in [1.82, 2.24) is 20.2 Å². The maximum atomic E-state index is 12.5. The van der Waals surface area contributed by atoms with Gasteiger partial charge in [0.15, 0.2) is 0 Å². The quantitative estimate of drug-likeness (QED) is 0.881. The SMILES string of the molecule is CSCCC(NC(=O)N1CCOCC1)c1nc2ccccc2[nH]1. The number of benzene rings is 1. The van der Waals surface area contributed by atoms with Gasteiger partial charge < -0.3 is 19.9 Å². The monoisotopic (exact) mass is 334 g/mol. The van der Waals surface area contributed by atoms with Gasteiger partial charge in [-0.3, -0.25) is 0 Å². The van der Waals surface area contributed by atoms with Crippen molar-refractivity contribution in [3.05, 3.63) is 30.1 Å². The number of nitrogens with one attached hydrogen (secondary N) is 2. The van der Waals surface area contributed by atoms with Crippen LogP contribution in [-0.4, -0.2) is 59.2 Å². The molecule has 6 nitrogen and oxygen atoms in total. The number of carbonyl (C=O) groups excluding carboxylic acids is 1. The third-order valence-corrected chi connectivity index (χ3v) is 4.59. The van der Waals surface area contributed by atoms with Crippen LogP contribution in [0.5, 0.6) is 0 Å². The molecular weight excluding hydrogens is 312 g/mol. The average molecular weight is 334 g/mol. The van der Waals surface area contributed by atoms with Crippen LogP contribution in [0.2, 0.25) is 0 Å². The number of para-hydroxylation sites is 2. The Morgan fingerprint density at radius 2 is 2.22 bits per heavy atom. The maximum absolute atomic E-state index is 12.5. The summed E-state index contributed by atoms with van der Waals surface area (Å²) in [6.07, 6.45) is 2.91. The van der Waals surface area contributed by atoms with Crippen LogP contribution in [0.4, 0.5) is 4.79 Å². The molecule has 1 aliphatic heterocycles. The van der Waals surface area contributed by atoms with Gasteiger partial charge >= 0.3 is 6.03 Å². The van der Waals surface area contributed by atoms with E-state index >= 15 is 0 Å². The zero-order valence-electron chi connectivity index (χ0n) is 13.2. The van der Waals surface area contributed by atoms with Crippen molar-refractivity contribution in [1.29, 1.82) is 0 Å². The van der Waals surface area contributed by atoms with Gasteiger partial charge in [0.1, 0.15) is 5.82 Å². The molecule has 124 valence electrons. The van der Waals surface area contributed by atoms with Gasteiger partial charge in [-0.1, -0.05) is 12.1 Å². The van der Waals surface area contributed by atoms with Crippen LogP contribution in [0.3, 0.4) is 0 Å². The minimum Gasteiger partial charge on any atom is -0.378 e. The summed E-state index contributed by atoms with van der Waals surface area (Å²) in [6.45, 7) is 2.49. The van der Waals surface area contributed by atoms with E-state index < -0.39 is 0 Å². The number of H-pyrrole nitrogens is 1. The number of urea groups is 1. The van der Waals surface area contributed by atoms with E-state index in [9.17, 15) is 4.79 Å². The van der Waals surface area contributed by atoms with Crippen LogP contribution < -0.4 is 5.32 Å². The third kappa shape index (κ3) is 3.97. The maximum Gasteiger partial charge on any atom is 0.318 e. The van der Waals surface area contributed by atoms with Gasteiger partial charge in [0.05, 0.1) is 30.3 Å². The van der Waals surface area contributed by atoms with Crippen molar-refractivity contribution in [2.24, 2.45) is 0 Å². The fourth-order valence-corrected chi connectivity index (χ4v) is 3.13. The number of morpholine rings is 1. The van der Waals surface area contributed by atoms with E-state index in [0.29, 0.717) is 26.3 Å². The summed E-state index contributed by atoms with van der Waals surface area (Å²) in [5.41, 5.74) is 1.93. The topological polar surface area (TPSA) is 70.2 Å². The van der Waals surface area contributed by atoms with Gasteiger partial charge in [0, 0.05) is 13.1 Å². The number of carbonyl (C=O) groups is 1. The number of aromatic nitrogens is 2. The molecule has 0 bridgehead atoms. The second kappa shape index (κ2) is 7.70. The number of hydrogen-bond donors (Lipinski definition) is 2. The van der Waals surface area contributed by atoms with Gasteiger partial charge in [-0.05, 0) is 30.6 Å². The standard InChI is InChI=1S/C16H22N4O2S/c1-23-11-6-14(19-16(21)20-7-9-22-10-8-20)15-17-12-4-2-3-5-13(12)18-15/h2-5,14H,6-11H2,1H3,(H,17,18)(H,19,21). The Labute approximate surface area is 140 Å². The predicted molar refractivity (Wildman–Crippen MR) is 92.8 cm³/mol. The molecule has 1 saturated heterocycles. The summed E-state index contributed by atoms with van der Waals surface area (Å²) in [5.74, 6) is 1.78. The molecule has 2 N–H and O–H groups in total. The van der Waals surface area contributed by atoms with Crippen molar-refractivity contribution in [2.75, 3.05) is 38.3 Å². The highest BCUT2D eigenvalue weighted by Crippen LogP contribution is 2.20. The molecular formula is C16H22N4O2S. The Balaban J connectivity index is 1.75. The first kappa shape index (κ1) is 16.1. The number of rotatable bonds is 5. The van der Waals surface area contributed by atoms with Crippen molar-refractivity contribution in [3.63, 3.8) is 0 Å². The van der Waals surface area contributed by atoms with Crippen LogP contribution in [0.1, 0.15) is 18.3 Å². The predicted octanol–water partition coefficient (Wildman–Crippen LogP) is 2.40. The Kier molecular flexibility index (Phi) is 5.40. The second-order valence-electron chi connectivity index (χ2n) is 5.52. The number of fused-ring (bicyclic) bond motifs is 1. The zero-order valence-corrected chi connectivity index (χ0v) is 14.1. The molecule has 2 aromatic rings. The first-order valence-electron chi connectivity index (χ1n) is 7.84. The summed E-state index contributed by atoms with van der Waals surface area (Å²) in [4.78, 5) is 22.3. The summed E-state index contributed by atoms with van der Waals surface area (Å²) in [5, 5.41) is 3.12. The number of ether oxygens (including phenoxy) is 1. The minimum atomic E-state index is -0.106. The smallest absolute Gasteiger partial charge is 0.318 e. The molecule has 1 aromatic heterocycles. The molecule has 7 heteroatoms. The molecule has 1 unspecified atom stereocenters. The molecule has 1 atom stereocenters. The normalized spacial score (nSPS) is 16.5. The first-order valence-corrected chi connectivity index (χ1v) is 9.24. The first-order chi connectivity index (χ1) is 11.3. The summed E-state index contributed by atoms with van der Waals surface area (Å²) in [7, 11) is 0. The van der Waals surface area contributed by atoms with Crippen LogP contribution in [0, 0.1) is 0 Å². The molecule has 2 heterocycles. The van der Waals surface area contributed by atoms with E-state index in [1.807, 2.05) is 24.3 Å². The highest BCUT2D eigenvalue weighted by atomic mass is 32.2. The van der Waals surface area contributed by atoms with Crippen molar-refractivity contribution < 1.29 is 9.53 Å². The van der Waals surface area contributed by atoms with Crippen LogP contribution in [-0.2, 0) is 4.74 Å². The third-order valence-electron chi connectivity index (χ3n) is 3.94. The molecule has 0 aliphatic carbocycles. The van der Waals surface area contributed by atoms with Gasteiger partial charge in [-0.2, -0.15) is 11.8 Å². The molecule has 0 spiro atoms. The highest BCUT2D eigenvalue weighted by molar-refractivity contribution is 7.98. The van der Waals surface area contributed by atoms with Crippen molar-refractivity contribution in [3.8, 4) is 0 Å². The Morgan fingerprint density at radius 1 is 1.43 bits per heavy atom. The lowest BCUT2D eigenvalue weighted by molar-refractivity contribution is 0.0524. The van der Waals surface area contributed by atoms with Crippen LogP contribution >= 0.6 is 11.8 Å². The highest BCUT2D eigenvalue weighted by Gasteiger charge is 2.22. The molecule has 0 radical (unpaired) electrons. The molecule has 0 saturated carbocycles. The van der Waals surface area contributed by atoms with Crippen LogP contribution in [0.25, 0.3) is 11.0 Å². The molecule has 23 heavy (non-hydrogen) atoms. The number of hydrogen-bond acceptors (Lipinski definition) is 4. The Morgan fingerprint density at radius 3 is 2.96 bits per heavy atom. The fourth-order valence-electron chi connectivity index (χ4n) is 2.66. The molecule has 3 rings (SSSR count). The fraction of sp³-hybridized carbons (Fsp3) is 0.500. The van der Waals surface area contributed by atoms with E-state index in [2.05, 4.69) is 21.5 Å². The van der Waals surface area contributed by atoms with E-state index in [1.54, 1.807) is 16.7 Å². The van der Waals surface area contributed by atoms with E-state index in [1.165, 1.54) is 0 Å². The van der Waals surface area contributed by atoms with E-state index in [4.69, 9.17) is 4.74 Å². The Bertz CT molecular complexity index is 621. The largest absolute Gasteiger partial charge is 0.378 e. The van der Waals surface area contributed by atoms with Crippen molar-refractivity contribution in [2.45, 2.75) is 12.5 Å². The second-order valence-corrected chi connectivity index (χ2v) is 6.51. The van der Waals surface area contributed by atoms with Crippen molar-refractivity contribution >= 4 is 28.8 Å². The zero-order chi connectivity index (χ0) is 16.1. The lowest BCUT2D eigenvalue weighted by Crippen LogP contribution is -2.47.